The van der Waals surface area contributed by atoms with Gasteiger partial charge in [0.1, 0.15) is 0 Å². The lowest BCUT2D eigenvalue weighted by Gasteiger charge is -2.07. The number of amides is 2. The molecule has 0 spiro atoms. The number of hydrogen-bond acceptors (Lipinski definition) is 5. The van der Waals surface area contributed by atoms with Crippen LogP contribution in [0.2, 0.25) is 0 Å². The molecule has 0 unspecified atom stereocenters. The van der Waals surface area contributed by atoms with Crippen LogP contribution in [0.15, 0.2) is 24.3 Å². The number of rotatable bonds is 2. The Morgan fingerprint density at radius 2 is 1.57 bits per heavy atom. The predicted octanol–water partition coefficient (Wildman–Crippen LogP) is 0.0195. The molecule has 1 aromatic carbocycles. The summed E-state index contributed by atoms with van der Waals surface area (Å²) in [5.74, 6) is 3.43. The number of imide groups is 1. The summed E-state index contributed by atoms with van der Waals surface area (Å²) in [5, 5.41) is 0.463. The van der Waals surface area contributed by atoms with Crippen molar-refractivity contribution >= 4 is 11.8 Å². The molecule has 1 aromatic rings. The fourth-order valence-corrected chi connectivity index (χ4v) is 1.28. The monoisotopic (exact) mass is 194 g/mol. The van der Waals surface area contributed by atoms with Gasteiger partial charge < -0.3 is 0 Å². The van der Waals surface area contributed by atoms with Crippen LogP contribution in [0.25, 0.3) is 0 Å². The molecule has 6 nitrogen and oxygen atoms in total. The molecular formula is C8H6N2O4. The van der Waals surface area contributed by atoms with Gasteiger partial charge in [0.15, 0.2) is 0 Å². The Bertz CT molecular complexity index is 369. The summed E-state index contributed by atoms with van der Waals surface area (Å²) in [6.45, 7) is 0. The van der Waals surface area contributed by atoms with Crippen LogP contribution < -0.4 is 5.90 Å². The number of fused-ring (bicyclic) bond motifs is 1. The van der Waals surface area contributed by atoms with Gasteiger partial charge in [-0.25, -0.2) is 0 Å². The molecular weight excluding hydrogens is 188 g/mol. The molecule has 2 amide bonds. The van der Waals surface area contributed by atoms with E-state index in [-0.39, 0.29) is 11.1 Å². The van der Waals surface area contributed by atoms with Crippen molar-refractivity contribution in [3.8, 4) is 0 Å². The molecule has 0 fully saturated rings. The Labute approximate surface area is 78.6 Å². The van der Waals surface area contributed by atoms with Crippen LogP contribution in [0.5, 0.6) is 0 Å². The average molecular weight is 194 g/mol. The molecule has 1 aliphatic rings. The van der Waals surface area contributed by atoms with Crippen LogP contribution in [0, 0.1) is 0 Å². The van der Waals surface area contributed by atoms with Crippen molar-refractivity contribution in [1.82, 2.24) is 5.06 Å². The third kappa shape index (κ3) is 1.10. The summed E-state index contributed by atoms with van der Waals surface area (Å²) in [7, 11) is 0. The SMILES string of the molecule is NOON1C(=O)c2ccccc2C1=O. The van der Waals surface area contributed by atoms with E-state index in [0.29, 0.717) is 5.06 Å². The summed E-state index contributed by atoms with van der Waals surface area (Å²) in [4.78, 5) is 30.9. The molecule has 2 rings (SSSR count). The van der Waals surface area contributed by atoms with Gasteiger partial charge in [-0.15, -0.1) is 10.1 Å². The maximum Gasteiger partial charge on any atom is 0.288 e. The van der Waals surface area contributed by atoms with Crippen LogP contribution in [0.4, 0.5) is 0 Å². The first-order valence-corrected chi connectivity index (χ1v) is 3.77. The van der Waals surface area contributed by atoms with E-state index in [1.165, 1.54) is 12.1 Å². The summed E-state index contributed by atoms with van der Waals surface area (Å²) in [6.07, 6.45) is 0. The zero-order chi connectivity index (χ0) is 10.1. The molecule has 0 radical (unpaired) electrons. The van der Waals surface area contributed by atoms with Crippen molar-refractivity contribution in [2.75, 3.05) is 0 Å². The predicted molar refractivity (Wildman–Crippen MR) is 43.3 cm³/mol. The third-order valence-corrected chi connectivity index (χ3v) is 1.87. The number of nitrogens with two attached hydrogens (primary N) is 1. The molecule has 0 saturated carbocycles. The van der Waals surface area contributed by atoms with Crippen molar-refractivity contribution in [1.29, 1.82) is 0 Å². The smallest absolute Gasteiger partial charge is 0.266 e. The van der Waals surface area contributed by atoms with Gasteiger partial charge in [0.2, 0.25) is 0 Å². The Hall–Kier alpha value is -1.76. The normalized spacial score (nSPS) is 14.8. The highest BCUT2D eigenvalue weighted by atomic mass is 17.3. The number of carbonyl (C=O) groups is 2. The van der Waals surface area contributed by atoms with Crippen molar-refractivity contribution in [3.63, 3.8) is 0 Å². The van der Waals surface area contributed by atoms with Gasteiger partial charge in [-0.05, 0) is 12.1 Å². The molecule has 0 atom stereocenters. The minimum atomic E-state index is -0.587. The van der Waals surface area contributed by atoms with E-state index in [9.17, 15) is 9.59 Å². The first-order valence-electron chi connectivity index (χ1n) is 3.77. The van der Waals surface area contributed by atoms with E-state index in [0.717, 1.165) is 0 Å². The molecule has 72 valence electrons. The highest BCUT2D eigenvalue weighted by Crippen LogP contribution is 2.22. The number of hydrogen-bond donors (Lipinski definition) is 1. The lowest BCUT2D eigenvalue weighted by molar-refractivity contribution is -0.390. The molecule has 0 saturated heterocycles. The fourth-order valence-electron chi connectivity index (χ4n) is 1.28. The van der Waals surface area contributed by atoms with Crippen molar-refractivity contribution in [3.05, 3.63) is 35.4 Å². The highest BCUT2D eigenvalue weighted by Gasteiger charge is 2.37. The zero-order valence-corrected chi connectivity index (χ0v) is 6.97. The number of carbonyl (C=O) groups excluding carboxylic acids is 2. The van der Waals surface area contributed by atoms with E-state index in [1.807, 2.05) is 0 Å². The molecule has 1 heterocycles. The van der Waals surface area contributed by atoms with Crippen LogP contribution in [-0.4, -0.2) is 16.9 Å². The Balaban J connectivity index is 2.43. The van der Waals surface area contributed by atoms with Crippen molar-refractivity contribution < 1.29 is 19.6 Å². The standard InChI is InChI=1S/C8H6N2O4/c9-13-14-10-7(11)5-3-1-2-4-6(5)8(10)12/h1-4H,9H2. The topological polar surface area (TPSA) is 81.9 Å². The maximum absolute atomic E-state index is 11.4. The first kappa shape index (κ1) is 8.82. The molecule has 1 aliphatic heterocycles. The minimum absolute atomic E-state index is 0.273. The highest BCUT2D eigenvalue weighted by molar-refractivity contribution is 6.20. The lowest BCUT2D eigenvalue weighted by atomic mass is 10.1. The first-order chi connectivity index (χ1) is 6.75. The van der Waals surface area contributed by atoms with Crippen LogP contribution >= 0.6 is 0 Å². The van der Waals surface area contributed by atoms with Crippen molar-refractivity contribution in [2.24, 2.45) is 5.90 Å². The average Bonchev–Trinajstić information content (AvgIpc) is 2.45. The Kier molecular flexibility index (Phi) is 2.01. The Morgan fingerprint density at radius 1 is 1.07 bits per heavy atom. The summed E-state index contributed by atoms with van der Waals surface area (Å²) in [6, 6.07) is 6.35. The van der Waals surface area contributed by atoms with Crippen LogP contribution in [0.1, 0.15) is 20.7 Å². The number of nitrogens with zero attached hydrogens (tertiary/aromatic N) is 1. The van der Waals surface area contributed by atoms with Crippen LogP contribution in [-0.2, 0) is 9.98 Å². The van der Waals surface area contributed by atoms with Gasteiger partial charge in [-0.3, -0.25) is 9.59 Å². The summed E-state index contributed by atoms with van der Waals surface area (Å²) < 4.78 is 0. The number of hydroxylamine groups is 2. The third-order valence-electron chi connectivity index (χ3n) is 1.87. The van der Waals surface area contributed by atoms with E-state index < -0.39 is 11.8 Å². The minimum Gasteiger partial charge on any atom is -0.266 e. The fraction of sp³-hybridized carbons (Fsp3) is 0. The van der Waals surface area contributed by atoms with Gasteiger partial charge in [0, 0.05) is 0 Å². The molecule has 0 aromatic heterocycles. The molecule has 6 heteroatoms. The Morgan fingerprint density at radius 3 is 2.00 bits per heavy atom. The van der Waals surface area contributed by atoms with E-state index in [4.69, 9.17) is 0 Å². The van der Waals surface area contributed by atoms with Crippen molar-refractivity contribution in [2.45, 2.75) is 0 Å². The maximum atomic E-state index is 11.4. The number of benzene rings is 1. The molecule has 0 bridgehead atoms. The van der Waals surface area contributed by atoms with Gasteiger partial charge in [0.25, 0.3) is 11.8 Å². The second kappa shape index (κ2) is 3.18. The quantitative estimate of drug-likeness (QED) is 0.407. The molecule has 2 N–H and O–H groups in total. The summed E-state index contributed by atoms with van der Waals surface area (Å²) in [5.41, 5.74) is 0.545. The van der Waals surface area contributed by atoms with E-state index in [1.54, 1.807) is 12.1 Å². The van der Waals surface area contributed by atoms with Gasteiger partial charge in [-0.1, -0.05) is 17.1 Å². The van der Waals surface area contributed by atoms with Gasteiger partial charge >= 0.3 is 0 Å². The van der Waals surface area contributed by atoms with E-state index in [2.05, 4.69) is 15.9 Å². The second-order valence-corrected chi connectivity index (χ2v) is 2.62. The van der Waals surface area contributed by atoms with E-state index >= 15 is 0 Å². The summed E-state index contributed by atoms with van der Waals surface area (Å²) >= 11 is 0. The second-order valence-electron chi connectivity index (χ2n) is 2.62. The molecule has 0 aliphatic carbocycles. The van der Waals surface area contributed by atoms with Gasteiger partial charge in [-0.2, -0.15) is 5.90 Å². The lowest BCUT2D eigenvalue weighted by Crippen LogP contribution is -2.31. The largest absolute Gasteiger partial charge is 0.288 e. The van der Waals surface area contributed by atoms with Gasteiger partial charge in [0.05, 0.1) is 11.1 Å². The molecule has 14 heavy (non-hydrogen) atoms. The van der Waals surface area contributed by atoms with Crippen LogP contribution in [0.3, 0.4) is 0 Å². The zero-order valence-electron chi connectivity index (χ0n) is 6.97.